The Bertz CT molecular complexity index is 697. The van der Waals surface area contributed by atoms with E-state index in [1.54, 1.807) is 6.07 Å². The summed E-state index contributed by atoms with van der Waals surface area (Å²) in [6.07, 6.45) is 3.26. The second kappa shape index (κ2) is 4.90. The van der Waals surface area contributed by atoms with Gasteiger partial charge in [-0.3, -0.25) is 0 Å². The molecule has 1 N–H and O–H groups in total. The summed E-state index contributed by atoms with van der Waals surface area (Å²) in [5.41, 5.74) is 1.77. The molecule has 0 spiro atoms. The Morgan fingerprint density at radius 3 is 2.80 bits per heavy atom. The summed E-state index contributed by atoms with van der Waals surface area (Å²) >= 11 is 5.74. The van der Waals surface area contributed by atoms with Gasteiger partial charge in [-0.2, -0.15) is 5.10 Å². The maximum Gasteiger partial charge on any atom is 0.356 e. The van der Waals surface area contributed by atoms with Crippen molar-refractivity contribution in [1.29, 1.82) is 0 Å². The van der Waals surface area contributed by atoms with Crippen LogP contribution in [-0.2, 0) is 12.8 Å². The smallest absolute Gasteiger partial charge is 0.356 e. The first-order valence-corrected chi connectivity index (χ1v) is 6.75. The topological polar surface area (TPSA) is 55.1 Å². The number of carbonyl (C=O) groups is 1. The molecule has 0 radical (unpaired) electrons. The third-order valence-electron chi connectivity index (χ3n) is 3.52. The van der Waals surface area contributed by atoms with E-state index in [9.17, 15) is 14.3 Å². The van der Waals surface area contributed by atoms with Gasteiger partial charge in [0.2, 0.25) is 0 Å². The highest BCUT2D eigenvalue weighted by molar-refractivity contribution is 6.30. The van der Waals surface area contributed by atoms with Gasteiger partial charge in [0, 0.05) is 16.3 Å². The van der Waals surface area contributed by atoms with Gasteiger partial charge in [0.05, 0.1) is 0 Å². The second-order valence-electron chi connectivity index (χ2n) is 4.79. The summed E-state index contributed by atoms with van der Waals surface area (Å²) in [5.74, 6) is -1.58. The normalized spacial score (nSPS) is 14.1. The van der Waals surface area contributed by atoms with Gasteiger partial charge >= 0.3 is 5.97 Å². The molecule has 1 aliphatic carbocycles. The Balaban J connectivity index is 2.21. The number of hydrogen-bond acceptors (Lipinski definition) is 2. The quantitative estimate of drug-likeness (QED) is 0.925. The molecule has 104 valence electrons. The van der Waals surface area contributed by atoms with E-state index in [2.05, 4.69) is 5.10 Å². The highest BCUT2D eigenvalue weighted by atomic mass is 35.5. The fraction of sp³-hybridized carbons (Fsp3) is 0.286. The van der Waals surface area contributed by atoms with Crippen LogP contribution < -0.4 is 0 Å². The van der Waals surface area contributed by atoms with Crippen LogP contribution in [0.1, 0.15) is 34.6 Å². The lowest BCUT2D eigenvalue weighted by Gasteiger charge is -2.14. The molecule has 0 unspecified atom stereocenters. The van der Waals surface area contributed by atoms with Crippen LogP contribution in [0.5, 0.6) is 0 Å². The second-order valence-corrected chi connectivity index (χ2v) is 5.23. The first kappa shape index (κ1) is 13.1. The molecular formula is C14H12ClFN2O2. The number of aromatic nitrogens is 2. The van der Waals surface area contributed by atoms with Gasteiger partial charge in [0.25, 0.3) is 0 Å². The molecule has 1 aliphatic rings. The molecule has 4 nitrogen and oxygen atoms in total. The van der Waals surface area contributed by atoms with Crippen LogP contribution in [0.3, 0.4) is 0 Å². The van der Waals surface area contributed by atoms with Gasteiger partial charge in [-0.25, -0.2) is 13.9 Å². The van der Waals surface area contributed by atoms with Crippen LogP contribution >= 0.6 is 11.6 Å². The number of carboxylic acids is 1. The first-order valence-electron chi connectivity index (χ1n) is 6.37. The number of rotatable bonds is 2. The summed E-state index contributed by atoms with van der Waals surface area (Å²) in [5, 5.41) is 13.6. The van der Waals surface area contributed by atoms with Crippen molar-refractivity contribution < 1.29 is 14.3 Å². The highest BCUT2D eigenvalue weighted by Gasteiger charge is 2.26. The molecule has 0 saturated carbocycles. The molecule has 0 saturated heterocycles. The molecule has 0 fully saturated rings. The summed E-state index contributed by atoms with van der Waals surface area (Å²) < 4.78 is 15.4. The molecular weight excluding hydrogens is 283 g/mol. The monoisotopic (exact) mass is 294 g/mol. The molecule has 20 heavy (non-hydrogen) atoms. The van der Waals surface area contributed by atoms with E-state index < -0.39 is 11.8 Å². The number of nitrogens with zero attached hydrogens (tertiary/aromatic N) is 2. The summed E-state index contributed by atoms with van der Waals surface area (Å²) in [6, 6.07) is 4.29. The third kappa shape index (κ3) is 2.08. The maximum atomic E-state index is 14.0. The third-order valence-corrected chi connectivity index (χ3v) is 3.76. The van der Waals surface area contributed by atoms with Crippen molar-refractivity contribution in [3.8, 4) is 5.69 Å². The average molecular weight is 295 g/mol. The Hall–Kier alpha value is -1.88. The summed E-state index contributed by atoms with van der Waals surface area (Å²) in [7, 11) is 0. The van der Waals surface area contributed by atoms with E-state index in [0.717, 1.165) is 24.1 Å². The number of halogens is 2. The minimum absolute atomic E-state index is 0.0223. The SMILES string of the molecule is O=C(O)c1nn(-c2ccc(Cl)cc2F)c2c1CCCC2. The van der Waals surface area contributed by atoms with E-state index in [-0.39, 0.29) is 11.4 Å². The molecule has 0 amide bonds. The van der Waals surface area contributed by atoms with Crippen molar-refractivity contribution in [2.24, 2.45) is 0 Å². The first-order chi connectivity index (χ1) is 9.58. The fourth-order valence-electron chi connectivity index (χ4n) is 2.62. The summed E-state index contributed by atoms with van der Waals surface area (Å²) in [4.78, 5) is 11.3. The number of fused-ring (bicyclic) bond motifs is 1. The van der Waals surface area contributed by atoms with Crippen molar-refractivity contribution in [2.75, 3.05) is 0 Å². The van der Waals surface area contributed by atoms with Gasteiger partial charge in [-0.1, -0.05) is 11.6 Å². The maximum absolute atomic E-state index is 14.0. The zero-order chi connectivity index (χ0) is 14.3. The van der Waals surface area contributed by atoms with Crippen molar-refractivity contribution in [3.05, 3.63) is 46.0 Å². The van der Waals surface area contributed by atoms with E-state index in [0.29, 0.717) is 17.9 Å². The lowest BCUT2D eigenvalue weighted by Crippen LogP contribution is -2.09. The lowest BCUT2D eigenvalue weighted by molar-refractivity contribution is 0.0688. The Labute approximate surface area is 119 Å². The number of hydrogen-bond donors (Lipinski definition) is 1. The fourth-order valence-corrected chi connectivity index (χ4v) is 2.78. The number of carboxylic acid groups (broad SMARTS) is 1. The van der Waals surface area contributed by atoms with Gasteiger partial charge in [0.15, 0.2) is 5.69 Å². The number of aromatic carboxylic acids is 1. The molecule has 3 rings (SSSR count). The van der Waals surface area contributed by atoms with Crippen molar-refractivity contribution in [1.82, 2.24) is 9.78 Å². The van der Waals surface area contributed by atoms with Crippen molar-refractivity contribution >= 4 is 17.6 Å². The average Bonchev–Trinajstić information content (AvgIpc) is 2.78. The van der Waals surface area contributed by atoms with E-state index >= 15 is 0 Å². The molecule has 1 aromatic carbocycles. The molecule has 1 aromatic heterocycles. The van der Waals surface area contributed by atoms with Crippen LogP contribution in [0, 0.1) is 5.82 Å². The predicted octanol–water partition coefficient (Wildman–Crippen LogP) is 3.24. The molecule has 0 bridgehead atoms. The standard InChI is InChI=1S/C14H12ClFN2O2/c15-8-5-6-12(10(16)7-8)18-11-4-2-1-3-9(11)13(17-18)14(19)20/h5-7H,1-4H2,(H,19,20). The van der Waals surface area contributed by atoms with Gasteiger partial charge in [-0.15, -0.1) is 0 Å². The van der Waals surface area contributed by atoms with Crippen molar-refractivity contribution in [2.45, 2.75) is 25.7 Å². The van der Waals surface area contributed by atoms with E-state index in [1.165, 1.54) is 16.8 Å². The van der Waals surface area contributed by atoms with Crippen LogP contribution in [0.25, 0.3) is 5.69 Å². The summed E-state index contributed by atoms with van der Waals surface area (Å²) in [6.45, 7) is 0. The molecule has 0 atom stereocenters. The van der Waals surface area contributed by atoms with Crippen LogP contribution in [-0.4, -0.2) is 20.9 Å². The lowest BCUT2D eigenvalue weighted by atomic mass is 9.95. The highest BCUT2D eigenvalue weighted by Crippen LogP contribution is 2.28. The minimum Gasteiger partial charge on any atom is -0.476 e. The molecule has 1 heterocycles. The Morgan fingerprint density at radius 1 is 1.35 bits per heavy atom. The Morgan fingerprint density at radius 2 is 2.10 bits per heavy atom. The molecule has 0 aliphatic heterocycles. The van der Waals surface area contributed by atoms with Crippen LogP contribution in [0.4, 0.5) is 4.39 Å². The molecule has 2 aromatic rings. The van der Waals surface area contributed by atoms with Gasteiger partial charge in [-0.05, 0) is 43.9 Å². The van der Waals surface area contributed by atoms with Gasteiger partial charge < -0.3 is 5.11 Å². The number of benzene rings is 1. The van der Waals surface area contributed by atoms with E-state index in [1.807, 2.05) is 0 Å². The van der Waals surface area contributed by atoms with Gasteiger partial charge in [0.1, 0.15) is 11.5 Å². The van der Waals surface area contributed by atoms with Crippen molar-refractivity contribution in [3.63, 3.8) is 0 Å². The molecule has 6 heteroatoms. The predicted molar refractivity (Wildman–Crippen MR) is 72.1 cm³/mol. The van der Waals surface area contributed by atoms with Crippen LogP contribution in [0.15, 0.2) is 18.2 Å². The van der Waals surface area contributed by atoms with E-state index in [4.69, 9.17) is 11.6 Å². The minimum atomic E-state index is -1.07. The Kier molecular flexibility index (Phi) is 3.22. The largest absolute Gasteiger partial charge is 0.476 e. The van der Waals surface area contributed by atoms with Crippen LogP contribution in [0.2, 0.25) is 5.02 Å². The zero-order valence-corrected chi connectivity index (χ0v) is 11.3. The zero-order valence-electron chi connectivity index (χ0n) is 10.6.